The van der Waals surface area contributed by atoms with Gasteiger partial charge >= 0.3 is 6.29 Å². The van der Waals surface area contributed by atoms with Crippen LogP contribution in [0.1, 0.15) is 0 Å². The Bertz CT molecular complexity index is 829. The third-order valence-electron chi connectivity index (χ3n) is 4.40. The number of carbonyl (C=O) groups excluding carboxylic acids is 1. The van der Waals surface area contributed by atoms with Gasteiger partial charge in [-0.15, -0.1) is 8.78 Å². The van der Waals surface area contributed by atoms with Gasteiger partial charge in [0.15, 0.2) is 18.0 Å². The monoisotopic (exact) mass is 378 g/mol. The molecule has 0 spiro atoms. The topological polar surface area (TPSA) is 81.0 Å². The van der Waals surface area contributed by atoms with E-state index in [4.69, 9.17) is 0 Å². The number of aromatic nitrogens is 2. The molecule has 0 unspecified atom stereocenters. The van der Waals surface area contributed by atoms with E-state index in [0.717, 1.165) is 31.1 Å². The summed E-state index contributed by atoms with van der Waals surface area (Å²) in [6, 6.07) is 5.94. The van der Waals surface area contributed by atoms with E-state index in [2.05, 4.69) is 29.7 Å². The van der Waals surface area contributed by atoms with Crippen LogP contribution in [0.3, 0.4) is 0 Å². The largest absolute Gasteiger partial charge is 0.586 e. The number of carbonyl (C=O) groups is 1. The number of ether oxygens (including phenoxy) is 2. The highest BCUT2D eigenvalue weighted by Crippen LogP contribution is 2.42. The molecule has 0 saturated carbocycles. The molecule has 2 aliphatic rings. The first-order chi connectivity index (χ1) is 13.0. The molecule has 1 saturated heterocycles. The molecule has 10 heteroatoms. The van der Waals surface area contributed by atoms with E-state index in [9.17, 15) is 13.6 Å². The third-order valence-corrected chi connectivity index (χ3v) is 4.40. The Kier molecular flexibility index (Phi) is 4.48. The van der Waals surface area contributed by atoms with E-state index in [0.29, 0.717) is 11.6 Å². The zero-order valence-electron chi connectivity index (χ0n) is 14.3. The lowest BCUT2D eigenvalue weighted by molar-refractivity contribution is -0.892. The van der Waals surface area contributed by atoms with Crippen LogP contribution in [0.25, 0.3) is 0 Å². The maximum absolute atomic E-state index is 13.0. The number of nitrogens with zero attached hydrogens (tertiary/aromatic N) is 3. The van der Waals surface area contributed by atoms with E-state index in [1.165, 1.54) is 18.2 Å². The van der Waals surface area contributed by atoms with Crippen LogP contribution in [0.2, 0.25) is 0 Å². The maximum atomic E-state index is 13.0. The summed E-state index contributed by atoms with van der Waals surface area (Å²) in [5.74, 6) is 0.350. The van der Waals surface area contributed by atoms with Crippen molar-refractivity contribution in [1.82, 2.24) is 9.97 Å². The molecule has 2 N–H and O–H groups in total. The molecular weight excluding hydrogens is 360 g/mol. The van der Waals surface area contributed by atoms with Crippen LogP contribution in [-0.4, -0.2) is 54.9 Å². The zero-order valence-corrected chi connectivity index (χ0v) is 14.3. The molecule has 0 radical (unpaired) electrons. The Morgan fingerprint density at radius 3 is 2.63 bits per heavy atom. The highest BCUT2D eigenvalue weighted by atomic mass is 19.3. The minimum absolute atomic E-state index is 0.0529. The van der Waals surface area contributed by atoms with Crippen molar-refractivity contribution in [2.24, 2.45) is 0 Å². The number of alkyl halides is 2. The highest BCUT2D eigenvalue weighted by molar-refractivity contribution is 5.91. The van der Waals surface area contributed by atoms with Gasteiger partial charge in [-0.25, -0.2) is 9.97 Å². The van der Waals surface area contributed by atoms with E-state index in [1.807, 2.05) is 0 Å². The molecule has 0 bridgehead atoms. The van der Waals surface area contributed by atoms with Gasteiger partial charge in [0.25, 0.3) is 5.91 Å². The van der Waals surface area contributed by atoms with Crippen molar-refractivity contribution in [3.63, 3.8) is 0 Å². The molecule has 142 valence electrons. The molecule has 0 atom stereocenters. The van der Waals surface area contributed by atoms with Crippen LogP contribution >= 0.6 is 0 Å². The molecule has 4 rings (SSSR count). The standard InChI is InChI=1S/C17H17F2N5O3/c18-17(19)26-13-3-2-12(10-14(13)27-17)22-15(25)11-23-6-8-24(9-7-23)16-20-4-1-5-21-16/h1-5,10H,6-9,11H2,(H,22,25)/p+1. The normalized spacial score (nSPS) is 18.4. The summed E-state index contributed by atoms with van der Waals surface area (Å²) < 4.78 is 34.8. The number of hydrogen-bond donors (Lipinski definition) is 2. The predicted molar refractivity (Wildman–Crippen MR) is 91.1 cm³/mol. The lowest BCUT2D eigenvalue weighted by atomic mass is 10.2. The molecule has 0 aliphatic carbocycles. The summed E-state index contributed by atoms with van der Waals surface area (Å²) >= 11 is 0. The molecule has 27 heavy (non-hydrogen) atoms. The molecule has 3 heterocycles. The molecule has 2 aliphatic heterocycles. The summed E-state index contributed by atoms with van der Waals surface area (Å²) in [7, 11) is 0. The Balaban J connectivity index is 1.28. The minimum atomic E-state index is -3.67. The summed E-state index contributed by atoms with van der Waals surface area (Å²) in [6.45, 7) is 3.35. The number of fused-ring (bicyclic) bond motifs is 1. The Morgan fingerprint density at radius 2 is 1.89 bits per heavy atom. The fraction of sp³-hybridized carbons (Fsp3) is 0.353. The van der Waals surface area contributed by atoms with E-state index >= 15 is 0 Å². The number of anilines is 2. The second-order valence-corrected chi connectivity index (χ2v) is 6.34. The molecular formula is C17H18F2N5O3+. The number of halogens is 2. The van der Waals surface area contributed by atoms with Crippen LogP contribution in [0.15, 0.2) is 36.7 Å². The van der Waals surface area contributed by atoms with Crippen molar-refractivity contribution in [3.05, 3.63) is 36.7 Å². The zero-order chi connectivity index (χ0) is 18.9. The second kappa shape index (κ2) is 6.95. The lowest BCUT2D eigenvalue weighted by Gasteiger charge is -2.31. The average molecular weight is 378 g/mol. The van der Waals surface area contributed by atoms with E-state index < -0.39 is 6.29 Å². The fourth-order valence-corrected chi connectivity index (χ4v) is 3.11. The first-order valence-corrected chi connectivity index (χ1v) is 8.54. The fourth-order valence-electron chi connectivity index (χ4n) is 3.11. The Hall–Kier alpha value is -3.01. The van der Waals surface area contributed by atoms with Gasteiger partial charge in [0.2, 0.25) is 5.95 Å². The number of amides is 1. The molecule has 1 aromatic carbocycles. The molecule has 1 fully saturated rings. The molecule has 8 nitrogen and oxygen atoms in total. The van der Waals surface area contributed by atoms with Crippen LogP contribution in [-0.2, 0) is 4.79 Å². The van der Waals surface area contributed by atoms with Gasteiger partial charge in [0.1, 0.15) is 0 Å². The molecule has 1 amide bonds. The van der Waals surface area contributed by atoms with Gasteiger partial charge in [-0.05, 0) is 18.2 Å². The number of hydrogen-bond acceptors (Lipinski definition) is 6. The van der Waals surface area contributed by atoms with Crippen molar-refractivity contribution in [1.29, 1.82) is 0 Å². The quantitative estimate of drug-likeness (QED) is 0.788. The molecule has 2 aromatic rings. The van der Waals surface area contributed by atoms with Crippen LogP contribution in [0.5, 0.6) is 11.5 Å². The third kappa shape index (κ3) is 4.05. The number of piperazine rings is 1. The van der Waals surface area contributed by atoms with Gasteiger partial charge in [-0.3, -0.25) is 4.79 Å². The first-order valence-electron chi connectivity index (χ1n) is 8.54. The van der Waals surface area contributed by atoms with Gasteiger partial charge in [0, 0.05) is 24.1 Å². The number of quaternary nitrogens is 1. The predicted octanol–water partition coefficient (Wildman–Crippen LogP) is 0.142. The minimum Gasteiger partial charge on any atom is -0.395 e. The van der Waals surface area contributed by atoms with Gasteiger partial charge in [-0.2, -0.15) is 0 Å². The summed E-state index contributed by atoms with van der Waals surface area (Å²) in [6.07, 6.45) is -0.260. The first kappa shape index (κ1) is 17.4. The van der Waals surface area contributed by atoms with E-state index in [-0.39, 0.29) is 24.0 Å². The van der Waals surface area contributed by atoms with Gasteiger partial charge < -0.3 is 24.6 Å². The Morgan fingerprint density at radius 1 is 1.19 bits per heavy atom. The van der Waals surface area contributed by atoms with Crippen molar-refractivity contribution in [2.45, 2.75) is 6.29 Å². The summed E-state index contributed by atoms with van der Waals surface area (Å²) in [5, 5.41) is 2.71. The molecule has 1 aromatic heterocycles. The number of nitrogens with one attached hydrogen (secondary N) is 2. The Labute approximate surface area is 153 Å². The van der Waals surface area contributed by atoms with Crippen LogP contribution in [0, 0.1) is 0 Å². The van der Waals surface area contributed by atoms with Crippen molar-refractivity contribution >= 4 is 17.5 Å². The summed E-state index contributed by atoms with van der Waals surface area (Å²) in [5.41, 5.74) is 0.385. The van der Waals surface area contributed by atoms with Gasteiger partial charge in [0.05, 0.1) is 26.2 Å². The van der Waals surface area contributed by atoms with Crippen molar-refractivity contribution in [3.8, 4) is 11.5 Å². The SMILES string of the molecule is O=C(C[NH+]1CCN(c2ncccn2)CC1)Nc1ccc2c(c1)OC(F)(F)O2. The average Bonchev–Trinajstić information content (AvgIpc) is 2.96. The summed E-state index contributed by atoms with van der Waals surface area (Å²) in [4.78, 5) is 24.0. The number of rotatable bonds is 4. The number of benzene rings is 1. The van der Waals surface area contributed by atoms with Crippen LogP contribution in [0.4, 0.5) is 20.4 Å². The lowest BCUT2D eigenvalue weighted by Crippen LogP contribution is -3.15. The second-order valence-electron chi connectivity index (χ2n) is 6.34. The van der Waals surface area contributed by atoms with Crippen LogP contribution < -0.4 is 24.6 Å². The van der Waals surface area contributed by atoms with Gasteiger partial charge in [-0.1, -0.05) is 0 Å². The van der Waals surface area contributed by atoms with Crippen molar-refractivity contribution < 1.29 is 27.9 Å². The maximum Gasteiger partial charge on any atom is 0.586 e. The van der Waals surface area contributed by atoms with Crippen molar-refractivity contribution in [2.75, 3.05) is 42.9 Å². The van der Waals surface area contributed by atoms with E-state index in [1.54, 1.807) is 18.5 Å². The highest BCUT2D eigenvalue weighted by Gasteiger charge is 2.43. The smallest absolute Gasteiger partial charge is 0.395 e.